The Balaban J connectivity index is 1.55. The number of carbonyl (C=O) groups excluding carboxylic acids is 1. The summed E-state index contributed by atoms with van der Waals surface area (Å²) in [4.78, 5) is 18.5. The van der Waals surface area contributed by atoms with Gasteiger partial charge in [0, 0.05) is 35.3 Å². The topological polar surface area (TPSA) is 54.5 Å². The van der Waals surface area contributed by atoms with Gasteiger partial charge >= 0.3 is 0 Å². The lowest BCUT2D eigenvalue weighted by Crippen LogP contribution is -2.33. The highest BCUT2D eigenvalue weighted by molar-refractivity contribution is 7.14. The van der Waals surface area contributed by atoms with Crippen LogP contribution < -0.4 is 15.0 Å². The number of nitrogens with one attached hydrogen (secondary N) is 1. The minimum atomic E-state index is 0.0913. The number of anilines is 3. The summed E-state index contributed by atoms with van der Waals surface area (Å²) in [5, 5.41) is 6.22. The molecule has 0 fully saturated rings. The first-order valence-corrected chi connectivity index (χ1v) is 9.73. The molecule has 0 saturated heterocycles. The Labute approximate surface area is 162 Å². The summed E-state index contributed by atoms with van der Waals surface area (Å²) in [7, 11) is 1.66. The first-order chi connectivity index (χ1) is 13.0. The highest BCUT2D eigenvalue weighted by atomic mass is 32.1. The lowest BCUT2D eigenvalue weighted by Gasteiger charge is -2.20. The summed E-state index contributed by atoms with van der Waals surface area (Å²) >= 11 is 1.57. The molecule has 1 aliphatic rings. The van der Waals surface area contributed by atoms with Crippen molar-refractivity contribution in [2.45, 2.75) is 26.3 Å². The second-order valence-corrected chi connectivity index (χ2v) is 7.54. The molecular weight excluding hydrogens is 358 g/mol. The fourth-order valence-electron chi connectivity index (χ4n) is 3.53. The zero-order valence-electron chi connectivity index (χ0n) is 15.5. The molecule has 0 spiro atoms. The zero-order valence-corrected chi connectivity index (χ0v) is 16.3. The summed E-state index contributed by atoms with van der Waals surface area (Å²) < 4.78 is 5.18. The third-order valence-corrected chi connectivity index (χ3v) is 5.53. The van der Waals surface area contributed by atoms with Gasteiger partial charge in [-0.25, -0.2) is 4.98 Å². The largest absolute Gasteiger partial charge is 0.497 e. The number of hydrogen-bond acceptors (Lipinski definition) is 5. The van der Waals surface area contributed by atoms with E-state index in [9.17, 15) is 4.79 Å². The van der Waals surface area contributed by atoms with Gasteiger partial charge in [-0.3, -0.25) is 4.79 Å². The summed E-state index contributed by atoms with van der Waals surface area (Å²) in [6.45, 7) is 3.71. The van der Waals surface area contributed by atoms with Crippen LogP contribution in [0.1, 0.15) is 19.4 Å². The van der Waals surface area contributed by atoms with Crippen LogP contribution in [-0.4, -0.2) is 24.0 Å². The van der Waals surface area contributed by atoms with Crippen LogP contribution in [0.3, 0.4) is 0 Å². The standard InChI is InChI=1S/C21H21N3O2S/c1-13-10-16-11-15(4-9-20(16)24(13)14(2)25)19-12-27-21(23-19)22-17-5-7-18(26-3)8-6-17/h4-9,11-13H,10H2,1-3H3,(H,22,23)/t13-/m1/s1. The van der Waals surface area contributed by atoms with Gasteiger partial charge in [0.2, 0.25) is 5.91 Å². The van der Waals surface area contributed by atoms with Crippen LogP contribution >= 0.6 is 11.3 Å². The number of thiazole rings is 1. The van der Waals surface area contributed by atoms with E-state index in [2.05, 4.69) is 23.7 Å². The molecule has 1 aliphatic heterocycles. The van der Waals surface area contributed by atoms with Crippen molar-refractivity contribution in [3.63, 3.8) is 0 Å². The predicted molar refractivity (Wildman–Crippen MR) is 110 cm³/mol. The van der Waals surface area contributed by atoms with Crippen LogP contribution in [0.2, 0.25) is 0 Å². The molecule has 27 heavy (non-hydrogen) atoms. The van der Waals surface area contributed by atoms with E-state index in [0.717, 1.165) is 39.9 Å². The maximum absolute atomic E-state index is 11.9. The van der Waals surface area contributed by atoms with Gasteiger partial charge in [-0.2, -0.15) is 0 Å². The molecule has 2 aromatic carbocycles. The minimum absolute atomic E-state index is 0.0913. The number of amides is 1. The highest BCUT2D eigenvalue weighted by Gasteiger charge is 2.29. The quantitative estimate of drug-likeness (QED) is 0.703. The van der Waals surface area contributed by atoms with E-state index in [1.807, 2.05) is 41.3 Å². The Bertz CT molecular complexity index is 981. The van der Waals surface area contributed by atoms with Crippen molar-refractivity contribution in [3.05, 3.63) is 53.4 Å². The van der Waals surface area contributed by atoms with Crippen molar-refractivity contribution in [2.75, 3.05) is 17.3 Å². The third-order valence-electron chi connectivity index (χ3n) is 4.78. The van der Waals surface area contributed by atoms with Crippen molar-refractivity contribution in [3.8, 4) is 17.0 Å². The normalized spacial score (nSPS) is 15.5. The van der Waals surface area contributed by atoms with Gasteiger partial charge in [-0.15, -0.1) is 11.3 Å². The van der Waals surface area contributed by atoms with Gasteiger partial charge in [0.15, 0.2) is 5.13 Å². The zero-order chi connectivity index (χ0) is 19.0. The summed E-state index contributed by atoms with van der Waals surface area (Å²) in [5.74, 6) is 0.918. The number of rotatable bonds is 4. The van der Waals surface area contributed by atoms with Gasteiger partial charge in [0.05, 0.1) is 12.8 Å². The molecule has 1 amide bonds. The van der Waals surface area contributed by atoms with Crippen molar-refractivity contribution in [2.24, 2.45) is 0 Å². The van der Waals surface area contributed by atoms with E-state index in [-0.39, 0.29) is 11.9 Å². The summed E-state index contributed by atoms with van der Waals surface area (Å²) in [5.41, 5.74) is 5.20. The maximum Gasteiger partial charge on any atom is 0.224 e. The fraction of sp³-hybridized carbons (Fsp3) is 0.238. The van der Waals surface area contributed by atoms with Gasteiger partial charge in [-0.1, -0.05) is 6.07 Å². The van der Waals surface area contributed by atoms with E-state index in [1.165, 1.54) is 5.56 Å². The lowest BCUT2D eigenvalue weighted by atomic mass is 10.1. The lowest BCUT2D eigenvalue weighted by molar-refractivity contribution is -0.116. The Morgan fingerprint density at radius 2 is 2.04 bits per heavy atom. The van der Waals surface area contributed by atoms with Gasteiger partial charge in [0.1, 0.15) is 5.75 Å². The fourth-order valence-corrected chi connectivity index (χ4v) is 4.27. The van der Waals surface area contributed by atoms with E-state index in [4.69, 9.17) is 9.72 Å². The monoisotopic (exact) mass is 379 g/mol. The number of methoxy groups -OCH3 is 1. The average molecular weight is 379 g/mol. The number of benzene rings is 2. The van der Waals surface area contributed by atoms with Gasteiger partial charge in [-0.05, 0) is 55.3 Å². The predicted octanol–water partition coefficient (Wildman–Crippen LogP) is 4.86. The van der Waals surface area contributed by atoms with Crippen LogP contribution in [0.4, 0.5) is 16.5 Å². The summed E-state index contributed by atoms with van der Waals surface area (Å²) in [6, 6.07) is 14.2. The Morgan fingerprint density at radius 1 is 1.26 bits per heavy atom. The molecule has 4 rings (SSSR count). The smallest absolute Gasteiger partial charge is 0.224 e. The molecule has 2 heterocycles. The first kappa shape index (κ1) is 17.5. The molecular formula is C21H21N3O2S. The Morgan fingerprint density at radius 3 is 2.74 bits per heavy atom. The molecule has 1 N–H and O–H groups in total. The summed E-state index contributed by atoms with van der Waals surface area (Å²) in [6.07, 6.45) is 0.879. The number of aromatic nitrogens is 1. The van der Waals surface area contributed by atoms with Crippen LogP contribution in [-0.2, 0) is 11.2 Å². The van der Waals surface area contributed by atoms with Gasteiger partial charge < -0.3 is 15.0 Å². The molecule has 0 unspecified atom stereocenters. The molecule has 0 bridgehead atoms. The Hall–Kier alpha value is -2.86. The van der Waals surface area contributed by atoms with E-state index < -0.39 is 0 Å². The van der Waals surface area contributed by atoms with E-state index in [1.54, 1.807) is 25.4 Å². The van der Waals surface area contributed by atoms with Crippen molar-refractivity contribution >= 4 is 33.8 Å². The van der Waals surface area contributed by atoms with E-state index >= 15 is 0 Å². The number of fused-ring (bicyclic) bond motifs is 1. The maximum atomic E-state index is 11.9. The van der Waals surface area contributed by atoms with Crippen molar-refractivity contribution in [1.29, 1.82) is 0 Å². The Kier molecular flexibility index (Phi) is 4.58. The molecule has 3 aromatic rings. The van der Waals surface area contributed by atoms with Crippen molar-refractivity contribution in [1.82, 2.24) is 4.98 Å². The molecule has 6 heteroatoms. The van der Waals surface area contributed by atoms with E-state index in [0.29, 0.717) is 0 Å². The van der Waals surface area contributed by atoms with Crippen LogP contribution in [0, 0.1) is 0 Å². The molecule has 1 atom stereocenters. The molecule has 1 aromatic heterocycles. The third kappa shape index (κ3) is 3.40. The highest BCUT2D eigenvalue weighted by Crippen LogP contribution is 2.36. The average Bonchev–Trinajstić information content (AvgIpc) is 3.25. The SMILES string of the molecule is COc1ccc(Nc2nc(-c3ccc4c(c3)C[C@@H](C)N4C(C)=O)cs2)cc1. The van der Waals surface area contributed by atoms with Crippen LogP contribution in [0.15, 0.2) is 47.8 Å². The second kappa shape index (κ2) is 7.04. The molecule has 0 saturated carbocycles. The number of hydrogen-bond donors (Lipinski definition) is 1. The molecule has 5 nitrogen and oxygen atoms in total. The molecule has 138 valence electrons. The molecule has 0 radical (unpaired) electrons. The van der Waals surface area contributed by atoms with Gasteiger partial charge in [0.25, 0.3) is 0 Å². The number of carbonyl (C=O) groups is 1. The number of nitrogens with zero attached hydrogens (tertiary/aromatic N) is 2. The van der Waals surface area contributed by atoms with Crippen molar-refractivity contribution < 1.29 is 9.53 Å². The van der Waals surface area contributed by atoms with Crippen LogP contribution in [0.25, 0.3) is 11.3 Å². The molecule has 0 aliphatic carbocycles. The van der Waals surface area contributed by atoms with Crippen LogP contribution in [0.5, 0.6) is 5.75 Å². The minimum Gasteiger partial charge on any atom is -0.497 e. The second-order valence-electron chi connectivity index (χ2n) is 6.68. The number of ether oxygens (including phenoxy) is 1. The first-order valence-electron chi connectivity index (χ1n) is 8.85.